The Morgan fingerprint density at radius 3 is 2.73 bits per heavy atom. The molecule has 0 spiro atoms. The van der Waals surface area contributed by atoms with Crippen molar-refractivity contribution in [3.63, 3.8) is 0 Å². The van der Waals surface area contributed by atoms with Crippen LogP contribution < -0.4 is 0 Å². The van der Waals surface area contributed by atoms with Crippen molar-refractivity contribution in [2.45, 2.75) is 32.6 Å². The van der Waals surface area contributed by atoms with Crippen LogP contribution in [0.3, 0.4) is 0 Å². The molecular formula is C9H14N2. The largest absolute Gasteiger partial charge is 0.253 e. The molecule has 11 heavy (non-hydrogen) atoms. The van der Waals surface area contributed by atoms with Gasteiger partial charge >= 0.3 is 0 Å². The Morgan fingerprint density at radius 2 is 2.09 bits per heavy atom. The summed E-state index contributed by atoms with van der Waals surface area (Å²) in [4.78, 5) is 7.80. The van der Waals surface area contributed by atoms with E-state index in [4.69, 9.17) is 0 Å². The predicted molar refractivity (Wildman–Crippen MR) is 49.2 cm³/mol. The van der Waals surface area contributed by atoms with E-state index in [-0.39, 0.29) is 0 Å². The summed E-state index contributed by atoms with van der Waals surface area (Å²) in [7, 11) is 0. The summed E-state index contributed by atoms with van der Waals surface area (Å²) in [6.45, 7) is 5.50. The molecule has 2 heteroatoms. The maximum atomic E-state index is 4.21. The maximum Gasteiger partial charge on any atom is 0.114 e. The zero-order valence-corrected chi connectivity index (χ0v) is 7.01. The summed E-state index contributed by atoms with van der Waals surface area (Å²) < 4.78 is 0. The Morgan fingerprint density at radius 1 is 1.36 bits per heavy atom. The summed E-state index contributed by atoms with van der Waals surface area (Å²) in [6, 6.07) is 0. The van der Waals surface area contributed by atoms with Gasteiger partial charge in [-0.15, -0.1) is 0 Å². The molecule has 0 heterocycles. The number of hydrogen-bond donors (Lipinski definition) is 0. The first-order chi connectivity index (χ1) is 5.34. The lowest BCUT2D eigenvalue weighted by atomic mass is 9.98. The van der Waals surface area contributed by atoms with Crippen LogP contribution in [0.2, 0.25) is 0 Å². The van der Waals surface area contributed by atoms with Crippen molar-refractivity contribution in [2.24, 2.45) is 9.98 Å². The summed E-state index contributed by atoms with van der Waals surface area (Å²) in [5.41, 5.74) is 2.62. The van der Waals surface area contributed by atoms with E-state index in [9.17, 15) is 0 Å². The van der Waals surface area contributed by atoms with E-state index >= 15 is 0 Å². The van der Waals surface area contributed by atoms with Crippen molar-refractivity contribution in [1.29, 1.82) is 0 Å². The molecule has 0 fully saturated rings. The van der Waals surface area contributed by atoms with Gasteiger partial charge in [-0.05, 0) is 39.3 Å². The number of rotatable bonds is 2. The topological polar surface area (TPSA) is 24.7 Å². The molecule has 0 unspecified atom stereocenters. The normalized spacial score (nSPS) is 19.4. The van der Waals surface area contributed by atoms with Crippen molar-refractivity contribution in [3.8, 4) is 0 Å². The molecule has 0 aromatic rings. The van der Waals surface area contributed by atoms with Gasteiger partial charge in [0.2, 0.25) is 0 Å². The summed E-state index contributed by atoms with van der Waals surface area (Å²) in [5.74, 6) is 0. The fourth-order valence-corrected chi connectivity index (χ4v) is 1.33. The van der Waals surface area contributed by atoms with Crippen molar-refractivity contribution >= 4 is 13.1 Å². The summed E-state index contributed by atoms with van der Waals surface area (Å²) >= 11 is 0. The third-order valence-corrected chi connectivity index (χ3v) is 2.00. The van der Waals surface area contributed by atoms with Gasteiger partial charge in [0.25, 0.3) is 0 Å². The van der Waals surface area contributed by atoms with Crippen LogP contribution in [0.1, 0.15) is 32.6 Å². The third-order valence-electron chi connectivity index (χ3n) is 2.00. The first-order valence-electron chi connectivity index (χ1n) is 4.01. The molecule has 0 N–H and O–H groups in total. The van der Waals surface area contributed by atoms with Crippen molar-refractivity contribution < 1.29 is 0 Å². The van der Waals surface area contributed by atoms with Gasteiger partial charge in [-0.1, -0.05) is 5.57 Å². The average Bonchev–Trinajstić information content (AvgIpc) is 2.03. The Labute approximate surface area is 67.8 Å². The lowest BCUT2D eigenvalue weighted by Gasteiger charge is -2.12. The van der Waals surface area contributed by atoms with Crippen molar-refractivity contribution in [3.05, 3.63) is 11.3 Å². The predicted octanol–water partition coefficient (Wildman–Crippen LogP) is 2.56. The van der Waals surface area contributed by atoms with Crippen LogP contribution >= 0.6 is 0 Å². The van der Waals surface area contributed by atoms with E-state index < -0.39 is 0 Å². The quantitative estimate of drug-likeness (QED) is 0.427. The van der Waals surface area contributed by atoms with Gasteiger partial charge < -0.3 is 0 Å². The van der Waals surface area contributed by atoms with E-state index in [1.165, 1.54) is 36.9 Å². The molecule has 1 aliphatic rings. The zero-order valence-electron chi connectivity index (χ0n) is 7.01. The van der Waals surface area contributed by atoms with E-state index in [1.807, 2.05) is 0 Å². The van der Waals surface area contributed by atoms with Crippen LogP contribution in [0.25, 0.3) is 0 Å². The number of hydrogen-bond acceptors (Lipinski definition) is 1. The highest BCUT2D eigenvalue weighted by atomic mass is 14.8. The molecule has 0 saturated heterocycles. The molecule has 0 radical (unpaired) electrons. The highest BCUT2D eigenvalue weighted by Crippen LogP contribution is 2.24. The smallest absolute Gasteiger partial charge is 0.114 e. The van der Waals surface area contributed by atoms with Crippen LogP contribution in [0.5, 0.6) is 0 Å². The second kappa shape index (κ2) is 4.06. The Kier molecular flexibility index (Phi) is 3.02. The second-order valence-corrected chi connectivity index (χ2v) is 2.86. The van der Waals surface area contributed by atoms with Gasteiger partial charge in [-0.25, -0.2) is 4.99 Å². The number of nitrogens with zero attached hydrogens (tertiary/aromatic N) is 2. The van der Waals surface area contributed by atoms with E-state index in [0.29, 0.717) is 0 Å². The van der Waals surface area contributed by atoms with Crippen molar-refractivity contribution in [1.82, 2.24) is 0 Å². The molecule has 0 atom stereocenters. The molecule has 0 aromatic carbocycles. The van der Waals surface area contributed by atoms with Gasteiger partial charge in [-0.3, -0.25) is 4.99 Å². The highest BCUT2D eigenvalue weighted by Gasteiger charge is 2.06. The molecule has 2 nitrogen and oxygen atoms in total. The van der Waals surface area contributed by atoms with Crippen LogP contribution in [0, 0.1) is 0 Å². The average molecular weight is 150 g/mol. The van der Waals surface area contributed by atoms with Crippen LogP contribution in [0.4, 0.5) is 0 Å². The Balaban J connectivity index is 2.66. The molecule has 0 bridgehead atoms. The van der Waals surface area contributed by atoms with E-state index in [0.717, 1.165) is 6.42 Å². The first kappa shape index (κ1) is 8.18. The molecule has 0 aromatic heterocycles. The Hall–Kier alpha value is -0.920. The van der Waals surface area contributed by atoms with Crippen molar-refractivity contribution in [2.75, 3.05) is 0 Å². The van der Waals surface area contributed by atoms with Crippen LogP contribution in [-0.4, -0.2) is 13.1 Å². The van der Waals surface area contributed by atoms with E-state index in [2.05, 4.69) is 23.6 Å². The molecular weight excluding hydrogens is 136 g/mol. The number of allylic oxidation sites excluding steroid dienone is 2. The van der Waals surface area contributed by atoms with Gasteiger partial charge in [0, 0.05) is 5.70 Å². The monoisotopic (exact) mass is 150 g/mol. The zero-order chi connectivity index (χ0) is 8.10. The molecule has 0 amide bonds. The molecule has 60 valence electrons. The lowest BCUT2D eigenvalue weighted by molar-refractivity contribution is 0.667. The van der Waals surface area contributed by atoms with Gasteiger partial charge in [0.15, 0.2) is 0 Å². The molecule has 1 rings (SSSR count). The first-order valence-corrected chi connectivity index (χ1v) is 4.01. The minimum atomic E-state index is 1.11. The fraction of sp³-hybridized carbons (Fsp3) is 0.556. The van der Waals surface area contributed by atoms with Gasteiger partial charge in [0.05, 0.1) is 0 Å². The third kappa shape index (κ3) is 2.30. The minimum Gasteiger partial charge on any atom is -0.253 e. The van der Waals surface area contributed by atoms with Gasteiger partial charge in [0.1, 0.15) is 6.34 Å². The van der Waals surface area contributed by atoms with Crippen LogP contribution in [0.15, 0.2) is 21.3 Å². The fourth-order valence-electron chi connectivity index (χ4n) is 1.33. The lowest BCUT2D eigenvalue weighted by Crippen LogP contribution is -1.94. The minimum absolute atomic E-state index is 1.11. The molecule has 0 saturated carbocycles. The van der Waals surface area contributed by atoms with Gasteiger partial charge in [-0.2, -0.15) is 0 Å². The molecule has 0 aliphatic heterocycles. The molecule has 1 aliphatic carbocycles. The standard InChI is InChI=1S/C9H14N2/c1-8-5-3-4-6-9(8)11-7-10-2/h7H,2-6H2,1H3. The second-order valence-electron chi connectivity index (χ2n) is 2.86. The highest BCUT2D eigenvalue weighted by molar-refractivity contribution is 5.63. The summed E-state index contributed by atoms with van der Waals surface area (Å²) in [6.07, 6.45) is 6.42. The summed E-state index contributed by atoms with van der Waals surface area (Å²) in [5, 5.41) is 0. The maximum absolute atomic E-state index is 4.21. The Bertz CT molecular complexity index is 202. The van der Waals surface area contributed by atoms with Crippen LogP contribution in [-0.2, 0) is 0 Å². The SMILES string of the molecule is C=NC=NC1=C(C)CCCC1. The van der Waals surface area contributed by atoms with E-state index in [1.54, 1.807) is 0 Å². The number of aliphatic imine (C=N–C) groups is 2.